The number of hydrogen-bond acceptors (Lipinski definition) is 7. The second-order valence-corrected chi connectivity index (χ2v) is 15.2. The van der Waals surface area contributed by atoms with Gasteiger partial charge in [-0.1, -0.05) is 19.6 Å². The van der Waals surface area contributed by atoms with Crippen molar-refractivity contribution in [3.8, 4) is 11.3 Å². The second-order valence-electron chi connectivity index (χ2n) is 9.55. The van der Waals surface area contributed by atoms with Crippen molar-refractivity contribution in [2.75, 3.05) is 37.6 Å². The molecule has 0 saturated heterocycles. The summed E-state index contributed by atoms with van der Waals surface area (Å²) in [5.74, 6) is 0.124. The summed E-state index contributed by atoms with van der Waals surface area (Å²) in [5, 5.41) is 17.3. The molecule has 1 aliphatic rings. The SMILES string of the molecule is COC(=O)Nc1ccc2c(c1)NC(=O)CCOC[C@H](NC(=O)O)c1nc-2cn1COCC[Si](C)(C)C. The van der Waals surface area contributed by atoms with Crippen LogP contribution in [0.3, 0.4) is 0 Å². The lowest BCUT2D eigenvalue weighted by Gasteiger charge is -2.20. The quantitative estimate of drug-likeness (QED) is 0.319. The maximum atomic E-state index is 12.5. The number of carbonyl (C=O) groups is 3. The average molecular weight is 520 g/mol. The van der Waals surface area contributed by atoms with Crippen molar-refractivity contribution in [2.24, 2.45) is 0 Å². The van der Waals surface area contributed by atoms with E-state index in [0.29, 0.717) is 35.1 Å². The fraction of sp³-hybridized carbons (Fsp3) is 0.478. The first-order valence-electron chi connectivity index (χ1n) is 11.6. The fourth-order valence-electron chi connectivity index (χ4n) is 3.51. The predicted octanol–water partition coefficient (Wildman–Crippen LogP) is 3.71. The van der Waals surface area contributed by atoms with Crippen LogP contribution < -0.4 is 16.0 Å². The number of methoxy groups -OCH3 is 1. The van der Waals surface area contributed by atoms with Crippen LogP contribution in [0.15, 0.2) is 24.4 Å². The van der Waals surface area contributed by atoms with Crippen molar-refractivity contribution >= 4 is 37.5 Å². The van der Waals surface area contributed by atoms with Crippen molar-refractivity contribution in [3.63, 3.8) is 0 Å². The summed E-state index contributed by atoms with van der Waals surface area (Å²) < 4.78 is 17.9. The van der Waals surface area contributed by atoms with E-state index in [4.69, 9.17) is 14.5 Å². The van der Waals surface area contributed by atoms with Crippen molar-refractivity contribution < 1.29 is 33.7 Å². The summed E-state index contributed by atoms with van der Waals surface area (Å²) in [6.45, 7) is 7.62. The molecule has 2 heterocycles. The molecule has 3 amide bonds. The molecular formula is C23H33N5O7Si. The Morgan fingerprint density at radius 1 is 1.33 bits per heavy atom. The van der Waals surface area contributed by atoms with E-state index in [1.54, 1.807) is 29.0 Å². The Hall–Kier alpha value is -3.42. The van der Waals surface area contributed by atoms with Crippen molar-refractivity contribution in [3.05, 3.63) is 30.2 Å². The first kappa shape index (κ1) is 27.2. The van der Waals surface area contributed by atoms with E-state index in [9.17, 15) is 19.5 Å². The number of fused-ring (bicyclic) bond motifs is 4. The molecule has 2 aromatic rings. The molecule has 0 unspecified atom stereocenters. The van der Waals surface area contributed by atoms with E-state index in [1.165, 1.54) is 7.11 Å². The molecular weight excluding hydrogens is 486 g/mol. The first-order valence-corrected chi connectivity index (χ1v) is 15.3. The van der Waals surface area contributed by atoms with Gasteiger partial charge in [-0.05, 0) is 24.2 Å². The lowest BCUT2D eigenvalue weighted by Crippen LogP contribution is -2.33. The Morgan fingerprint density at radius 2 is 2.11 bits per heavy atom. The number of carboxylic acid groups (broad SMARTS) is 1. The summed E-state index contributed by atoms with van der Waals surface area (Å²) in [6, 6.07) is 5.18. The largest absolute Gasteiger partial charge is 0.465 e. The van der Waals surface area contributed by atoms with Crippen LogP contribution in [0.25, 0.3) is 11.3 Å². The van der Waals surface area contributed by atoms with Crippen molar-refractivity contribution in [2.45, 2.75) is 44.9 Å². The Bertz CT molecular complexity index is 1100. The van der Waals surface area contributed by atoms with Gasteiger partial charge in [-0.25, -0.2) is 14.6 Å². The zero-order valence-electron chi connectivity index (χ0n) is 20.9. The number of carbonyl (C=O) groups excluding carboxylic acids is 2. The van der Waals surface area contributed by atoms with Crippen LogP contribution in [-0.4, -0.2) is 67.8 Å². The Balaban J connectivity index is 2.01. The number of anilines is 2. The van der Waals surface area contributed by atoms with Gasteiger partial charge in [-0.3, -0.25) is 10.1 Å². The van der Waals surface area contributed by atoms with Crippen LogP contribution in [0.1, 0.15) is 18.3 Å². The van der Waals surface area contributed by atoms with Crippen LogP contribution >= 0.6 is 0 Å². The van der Waals surface area contributed by atoms with Gasteiger partial charge in [-0.2, -0.15) is 0 Å². The van der Waals surface area contributed by atoms with E-state index >= 15 is 0 Å². The van der Waals surface area contributed by atoms with E-state index in [0.717, 1.165) is 6.04 Å². The van der Waals surface area contributed by atoms with E-state index in [1.807, 2.05) is 0 Å². The van der Waals surface area contributed by atoms with E-state index in [2.05, 4.69) is 40.3 Å². The number of nitrogens with one attached hydrogen (secondary N) is 3. The van der Waals surface area contributed by atoms with Gasteiger partial charge in [0.05, 0.1) is 38.1 Å². The highest BCUT2D eigenvalue weighted by atomic mass is 28.3. The van der Waals surface area contributed by atoms with Gasteiger partial charge in [0.2, 0.25) is 5.91 Å². The molecule has 2 bridgehead atoms. The molecule has 0 fully saturated rings. The molecule has 3 rings (SSSR count). The van der Waals surface area contributed by atoms with Gasteiger partial charge >= 0.3 is 12.2 Å². The summed E-state index contributed by atoms with van der Waals surface area (Å²) in [5.41, 5.74) is 1.94. The van der Waals surface area contributed by atoms with E-state index < -0.39 is 26.3 Å². The maximum absolute atomic E-state index is 12.5. The molecule has 1 atom stereocenters. The predicted molar refractivity (Wildman–Crippen MR) is 136 cm³/mol. The van der Waals surface area contributed by atoms with Crippen LogP contribution in [0.5, 0.6) is 0 Å². The monoisotopic (exact) mass is 519 g/mol. The highest BCUT2D eigenvalue weighted by molar-refractivity contribution is 6.76. The highest BCUT2D eigenvalue weighted by Gasteiger charge is 2.24. The standard InChI is InChI=1S/C23H33N5O7Si/c1-33-23(32)24-15-5-6-16-17(11-15)25-20(29)7-8-34-13-19(27-22(30)31)21-26-18(16)12-28(21)14-35-9-10-36(2,3)4/h5-6,11-12,19,27H,7-10,13-14H2,1-4H3,(H,24,32)(H,25,29)(H,30,31)/t19-/m0/s1. The van der Waals surface area contributed by atoms with Crippen molar-refractivity contribution in [1.82, 2.24) is 14.9 Å². The molecule has 0 radical (unpaired) electrons. The molecule has 1 aliphatic heterocycles. The minimum absolute atomic E-state index is 0.000216. The molecule has 1 aromatic carbocycles. The molecule has 196 valence electrons. The smallest absolute Gasteiger partial charge is 0.411 e. The van der Waals surface area contributed by atoms with Crippen LogP contribution in [-0.2, 0) is 25.7 Å². The average Bonchev–Trinajstić information content (AvgIpc) is 3.21. The molecule has 12 nitrogen and oxygen atoms in total. The number of rotatable bonds is 7. The van der Waals surface area contributed by atoms with E-state index in [-0.39, 0.29) is 32.3 Å². The highest BCUT2D eigenvalue weighted by Crippen LogP contribution is 2.32. The lowest BCUT2D eigenvalue weighted by atomic mass is 10.1. The summed E-state index contributed by atoms with van der Waals surface area (Å²) in [4.78, 5) is 40.4. The number of benzene rings is 1. The number of amides is 3. The summed E-state index contributed by atoms with van der Waals surface area (Å²) in [6.07, 6.45) is -0.0601. The number of hydrogen-bond donors (Lipinski definition) is 4. The first-order chi connectivity index (χ1) is 17.1. The molecule has 36 heavy (non-hydrogen) atoms. The molecule has 4 N–H and O–H groups in total. The third-order valence-electron chi connectivity index (χ3n) is 5.40. The van der Waals surface area contributed by atoms with Crippen molar-refractivity contribution in [1.29, 1.82) is 0 Å². The number of ether oxygens (including phenoxy) is 3. The molecule has 0 aliphatic carbocycles. The van der Waals surface area contributed by atoms with Crippen LogP contribution in [0.2, 0.25) is 25.7 Å². The Labute approximate surface area is 210 Å². The third kappa shape index (κ3) is 7.80. The fourth-order valence-corrected chi connectivity index (χ4v) is 4.27. The molecule has 0 saturated carbocycles. The number of nitrogens with zero attached hydrogens (tertiary/aromatic N) is 2. The van der Waals surface area contributed by atoms with Crippen LogP contribution in [0, 0.1) is 0 Å². The van der Waals surface area contributed by atoms with Gasteiger partial charge in [0, 0.05) is 32.1 Å². The second kappa shape index (κ2) is 12.0. The summed E-state index contributed by atoms with van der Waals surface area (Å²) in [7, 11) is -0.0324. The lowest BCUT2D eigenvalue weighted by molar-refractivity contribution is -0.117. The molecule has 1 aromatic heterocycles. The minimum atomic E-state index is -1.29. The van der Waals surface area contributed by atoms with Gasteiger partial charge in [-0.15, -0.1) is 0 Å². The zero-order chi connectivity index (χ0) is 26.3. The minimum Gasteiger partial charge on any atom is -0.465 e. The van der Waals surface area contributed by atoms with Gasteiger partial charge in [0.1, 0.15) is 18.6 Å². The van der Waals surface area contributed by atoms with Gasteiger partial charge in [0.15, 0.2) is 0 Å². The topological polar surface area (TPSA) is 153 Å². The normalized spacial score (nSPS) is 16.1. The molecule has 0 spiro atoms. The Morgan fingerprint density at radius 3 is 2.81 bits per heavy atom. The number of aromatic nitrogens is 2. The van der Waals surface area contributed by atoms with Gasteiger partial charge < -0.3 is 34.5 Å². The molecule has 13 heteroatoms. The number of imidazole rings is 1. The van der Waals surface area contributed by atoms with Crippen LogP contribution in [0.4, 0.5) is 21.0 Å². The summed E-state index contributed by atoms with van der Waals surface area (Å²) >= 11 is 0. The zero-order valence-corrected chi connectivity index (χ0v) is 21.9. The third-order valence-corrected chi connectivity index (χ3v) is 7.11. The maximum Gasteiger partial charge on any atom is 0.411 e. The Kier molecular flexibility index (Phi) is 9.07. The van der Waals surface area contributed by atoms with Gasteiger partial charge in [0.25, 0.3) is 0 Å².